The van der Waals surface area contributed by atoms with Crippen LogP contribution in [0, 0.1) is 6.07 Å². The summed E-state index contributed by atoms with van der Waals surface area (Å²) >= 11 is 0. The van der Waals surface area contributed by atoms with E-state index in [1.807, 2.05) is 30.3 Å². The van der Waals surface area contributed by atoms with Crippen molar-refractivity contribution in [2.75, 3.05) is 0 Å². The standard InChI is InChI=1S/C7H8N4O2.C6H5.Hg/c1-10-5-4(8-3-9-5)6(12)11(2)7(10)13;1-2-4-6-5-3-1;/h3,12H,1-2H3;1-5H;/q;;+1/p-1. The van der Waals surface area contributed by atoms with Crippen molar-refractivity contribution in [2.24, 2.45) is 14.1 Å². The smallest absolute Gasteiger partial charge is 0.858 e. The third kappa shape index (κ3) is 3.25. The summed E-state index contributed by atoms with van der Waals surface area (Å²) in [6, 6.07) is 12.5. The quantitative estimate of drug-likeness (QED) is 0.452. The summed E-state index contributed by atoms with van der Waals surface area (Å²) in [5, 5.41) is 11.4. The van der Waals surface area contributed by atoms with Crippen LogP contribution in [0.2, 0.25) is 0 Å². The summed E-state index contributed by atoms with van der Waals surface area (Å²) < 4.78 is 2.31. The largest absolute Gasteiger partial charge is 1.00 e. The van der Waals surface area contributed by atoms with Crippen LogP contribution in [0.25, 0.3) is 11.5 Å². The number of rotatable bonds is 0. The van der Waals surface area contributed by atoms with Crippen LogP contribution in [0.1, 0.15) is 0 Å². The van der Waals surface area contributed by atoms with E-state index in [1.54, 1.807) is 7.05 Å². The summed E-state index contributed by atoms with van der Waals surface area (Å²) in [6.45, 7) is 0. The first-order valence-corrected chi connectivity index (χ1v) is 5.57. The van der Waals surface area contributed by atoms with Gasteiger partial charge in [0.2, 0.25) is 0 Å². The van der Waals surface area contributed by atoms with Gasteiger partial charge in [-0.2, -0.15) is 0 Å². The van der Waals surface area contributed by atoms with Crippen LogP contribution in [-0.4, -0.2) is 19.1 Å². The topological polar surface area (TPSA) is 75.8 Å². The molecular weight excluding hydrogens is 445 g/mol. The third-order valence-electron chi connectivity index (χ3n) is 2.58. The van der Waals surface area contributed by atoms with Crippen molar-refractivity contribution in [3.05, 3.63) is 53.2 Å². The Morgan fingerprint density at radius 2 is 1.75 bits per heavy atom. The van der Waals surface area contributed by atoms with Crippen LogP contribution in [0.15, 0.2) is 41.5 Å². The maximum absolute atomic E-state index is 11.4. The average molecular weight is 457 g/mol. The minimum absolute atomic E-state index is 0. The Morgan fingerprint density at radius 1 is 1.10 bits per heavy atom. The van der Waals surface area contributed by atoms with Gasteiger partial charge in [0.15, 0.2) is 5.82 Å². The molecule has 7 heteroatoms. The first-order valence-electron chi connectivity index (χ1n) is 5.57. The normalized spacial score (nSPS) is 9.50. The van der Waals surface area contributed by atoms with Crippen LogP contribution >= 0.6 is 0 Å². The molecule has 0 saturated carbocycles. The molecule has 0 fully saturated rings. The van der Waals surface area contributed by atoms with Crippen molar-refractivity contribution >= 4 is 0 Å². The zero-order chi connectivity index (χ0) is 13.8. The number of aromatic nitrogens is 4. The Bertz CT molecular complexity index is 667. The van der Waals surface area contributed by atoms with Gasteiger partial charge in [-0.15, -0.1) is 0 Å². The van der Waals surface area contributed by atoms with Crippen molar-refractivity contribution < 1.29 is 32.8 Å². The van der Waals surface area contributed by atoms with Crippen molar-refractivity contribution in [2.45, 2.75) is 0 Å². The van der Waals surface area contributed by atoms with E-state index >= 15 is 0 Å². The Kier molecular flexibility index (Phi) is 5.88. The maximum atomic E-state index is 11.4. The second-order valence-electron chi connectivity index (χ2n) is 3.83. The molecule has 0 aliphatic carbocycles. The predicted molar refractivity (Wildman–Crippen MR) is 67.6 cm³/mol. The molecule has 0 bridgehead atoms. The number of hydrogen-bond acceptors (Lipinski definition) is 4. The molecule has 2 aliphatic rings. The van der Waals surface area contributed by atoms with E-state index in [4.69, 9.17) is 0 Å². The van der Waals surface area contributed by atoms with E-state index in [1.165, 1.54) is 17.9 Å². The molecule has 6 nitrogen and oxygen atoms in total. The van der Waals surface area contributed by atoms with E-state index in [2.05, 4.69) is 16.0 Å². The van der Waals surface area contributed by atoms with Crippen LogP contribution < -0.4 is 10.8 Å². The zero-order valence-electron chi connectivity index (χ0n) is 11.3. The number of benzene rings is 1. The fourth-order valence-electron chi connectivity index (χ4n) is 1.56. The molecule has 98 valence electrons. The van der Waals surface area contributed by atoms with Crippen LogP contribution in [0.4, 0.5) is 0 Å². The predicted octanol–water partition coefficient (Wildman–Crippen LogP) is 0.176. The van der Waals surface area contributed by atoms with Crippen molar-refractivity contribution in [1.29, 1.82) is 0 Å². The molecule has 0 spiro atoms. The van der Waals surface area contributed by atoms with Gasteiger partial charge in [0.05, 0.1) is 0 Å². The van der Waals surface area contributed by atoms with Gasteiger partial charge < -0.3 is 9.67 Å². The Balaban J connectivity index is 0.000000243. The Morgan fingerprint density at radius 3 is 2.25 bits per heavy atom. The number of fused-ring (bicyclic) bond motifs is 1. The Labute approximate surface area is 136 Å². The van der Waals surface area contributed by atoms with Gasteiger partial charge in [-0.05, 0) is 11.9 Å². The average Bonchev–Trinajstić information content (AvgIpc) is 2.95. The summed E-state index contributed by atoms with van der Waals surface area (Å²) in [5.74, 6) is -0.0799. The molecule has 1 aromatic rings. The van der Waals surface area contributed by atoms with Crippen molar-refractivity contribution in [3.8, 4) is 17.4 Å². The molecule has 0 amide bonds. The van der Waals surface area contributed by atoms with Gasteiger partial charge in [0, 0.05) is 14.1 Å². The van der Waals surface area contributed by atoms with E-state index in [0.717, 1.165) is 4.57 Å². The monoisotopic (exact) mass is 458 g/mol. The van der Waals surface area contributed by atoms with Gasteiger partial charge in [-0.25, -0.2) is 14.8 Å². The Hall–Kier alpha value is -1.69. The van der Waals surface area contributed by atoms with Gasteiger partial charge in [-0.3, -0.25) is 4.57 Å². The molecule has 3 rings (SSSR count). The van der Waals surface area contributed by atoms with Crippen LogP contribution in [0.3, 0.4) is 0 Å². The second kappa shape index (κ2) is 7.18. The molecule has 0 N–H and O–H groups in total. The first kappa shape index (κ1) is 16.4. The van der Waals surface area contributed by atoms with Crippen molar-refractivity contribution in [3.63, 3.8) is 0 Å². The fraction of sp³-hybridized carbons (Fsp3) is 0.154. The summed E-state index contributed by atoms with van der Waals surface area (Å²) in [5.41, 5.74) is -0.164. The van der Waals surface area contributed by atoms with Crippen LogP contribution in [-0.2, 0) is 41.8 Å². The molecule has 0 atom stereocenters. The summed E-state index contributed by atoms with van der Waals surface area (Å²) in [6.07, 6.45) is 1.27. The molecular formula is C13H12HgN4O2. The molecule has 0 aromatic heterocycles. The van der Waals surface area contributed by atoms with Crippen molar-refractivity contribution in [1.82, 2.24) is 19.1 Å². The van der Waals surface area contributed by atoms with Crippen LogP contribution in [0.5, 0.6) is 5.88 Å². The van der Waals surface area contributed by atoms with E-state index in [9.17, 15) is 9.90 Å². The first-order chi connectivity index (χ1) is 9.13. The molecule has 0 saturated heterocycles. The van der Waals surface area contributed by atoms with Gasteiger partial charge >= 0.3 is 33.4 Å². The summed E-state index contributed by atoms with van der Waals surface area (Å²) in [4.78, 5) is 19.0. The molecule has 2 heterocycles. The van der Waals surface area contributed by atoms with E-state index in [0.29, 0.717) is 5.82 Å². The minimum atomic E-state index is -0.407. The molecule has 2 aliphatic heterocycles. The second-order valence-corrected chi connectivity index (χ2v) is 3.83. The van der Waals surface area contributed by atoms with E-state index < -0.39 is 11.6 Å². The number of hydrogen-bond donors (Lipinski definition) is 0. The van der Waals surface area contributed by atoms with Gasteiger partial charge in [0.1, 0.15) is 12.0 Å². The fourth-order valence-corrected chi connectivity index (χ4v) is 1.56. The zero-order valence-corrected chi connectivity index (χ0v) is 16.8. The molecule has 1 aromatic carbocycles. The number of nitrogens with zero attached hydrogens (tertiary/aromatic N) is 4. The third-order valence-corrected chi connectivity index (χ3v) is 2.58. The number of imidazole rings is 1. The van der Waals surface area contributed by atoms with Gasteiger partial charge in [0.25, 0.3) is 0 Å². The SMILES string of the molecule is Cn1c2ncnc-2c([O-])n(C)c1=O.[Hg+].[c]1ccccc1. The summed E-state index contributed by atoms with van der Waals surface area (Å²) in [7, 11) is 2.97. The molecule has 20 heavy (non-hydrogen) atoms. The maximum Gasteiger partial charge on any atom is 1.00 e. The molecule has 2 radical (unpaired) electrons. The van der Waals surface area contributed by atoms with E-state index in [-0.39, 0.29) is 33.4 Å². The minimum Gasteiger partial charge on any atom is -0.858 e. The van der Waals surface area contributed by atoms with Gasteiger partial charge in [-0.1, -0.05) is 30.3 Å². The molecule has 0 unspecified atom stereocenters.